The Hall–Kier alpha value is -2.18. The SMILES string of the molecule is CC(C)n1nc(N)cc1COc1ccccc1C(F)(F)F. The Bertz CT molecular complexity index is 620. The Labute approximate surface area is 120 Å². The smallest absolute Gasteiger partial charge is 0.419 e. The maximum absolute atomic E-state index is 12.9. The van der Waals surface area contributed by atoms with Crippen LogP contribution in [0, 0.1) is 0 Å². The fourth-order valence-electron chi connectivity index (χ4n) is 1.99. The van der Waals surface area contributed by atoms with E-state index in [1.807, 2.05) is 13.8 Å². The van der Waals surface area contributed by atoms with E-state index in [0.29, 0.717) is 11.5 Å². The molecular formula is C14H16F3N3O. The van der Waals surface area contributed by atoms with Crippen LogP contribution in [0.15, 0.2) is 30.3 Å². The highest BCUT2D eigenvalue weighted by Crippen LogP contribution is 2.36. The number of anilines is 1. The molecule has 114 valence electrons. The standard InChI is InChI=1S/C14H16F3N3O/c1-9(2)20-10(7-13(18)19-20)8-21-12-6-4-3-5-11(12)14(15,16)17/h3-7,9H,8H2,1-2H3,(H2,18,19). The lowest BCUT2D eigenvalue weighted by Crippen LogP contribution is -2.12. The summed E-state index contributed by atoms with van der Waals surface area (Å²) in [6.45, 7) is 3.77. The van der Waals surface area contributed by atoms with Crippen LogP contribution in [-0.2, 0) is 12.8 Å². The molecule has 0 saturated heterocycles. The number of nitrogens with zero attached hydrogens (tertiary/aromatic N) is 2. The monoisotopic (exact) mass is 299 g/mol. The minimum absolute atomic E-state index is 0.0323. The lowest BCUT2D eigenvalue weighted by molar-refractivity contribution is -0.139. The summed E-state index contributed by atoms with van der Waals surface area (Å²) in [5, 5.41) is 4.09. The highest BCUT2D eigenvalue weighted by atomic mass is 19.4. The first-order valence-electron chi connectivity index (χ1n) is 6.42. The normalized spacial score (nSPS) is 11.9. The number of hydrogen-bond donors (Lipinski definition) is 1. The van der Waals surface area contributed by atoms with Crippen molar-refractivity contribution in [3.8, 4) is 5.75 Å². The van der Waals surface area contributed by atoms with Crippen molar-refractivity contribution in [2.75, 3.05) is 5.73 Å². The van der Waals surface area contributed by atoms with Crippen molar-refractivity contribution in [2.24, 2.45) is 0 Å². The molecule has 1 heterocycles. The van der Waals surface area contributed by atoms with Crippen molar-refractivity contribution >= 4 is 5.82 Å². The van der Waals surface area contributed by atoms with Gasteiger partial charge in [0.2, 0.25) is 0 Å². The summed E-state index contributed by atoms with van der Waals surface area (Å²) in [5.41, 5.74) is 5.44. The predicted octanol–water partition coefficient (Wildman–Crippen LogP) is 3.64. The second-order valence-corrected chi connectivity index (χ2v) is 4.88. The summed E-state index contributed by atoms with van der Waals surface area (Å²) in [4.78, 5) is 0. The topological polar surface area (TPSA) is 53.1 Å². The second kappa shape index (κ2) is 5.67. The molecule has 0 fully saturated rings. The lowest BCUT2D eigenvalue weighted by Gasteiger charge is -2.15. The van der Waals surface area contributed by atoms with Gasteiger partial charge in [-0.2, -0.15) is 18.3 Å². The van der Waals surface area contributed by atoms with Crippen LogP contribution in [0.1, 0.15) is 31.1 Å². The van der Waals surface area contributed by atoms with Crippen molar-refractivity contribution in [1.82, 2.24) is 9.78 Å². The summed E-state index contributed by atoms with van der Waals surface area (Å²) >= 11 is 0. The van der Waals surface area contributed by atoms with Crippen LogP contribution in [0.25, 0.3) is 0 Å². The first-order chi connectivity index (χ1) is 9.79. The van der Waals surface area contributed by atoms with E-state index >= 15 is 0 Å². The molecule has 21 heavy (non-hydrogen) atoms. The molecule has 1 aromatic carbocycles. The molecule has 2 aromatic rings. The zero-order valence-electron chi connectivity index (χ0n) is 11.7. The Kier molecular flexibility index (Phi) is 4.11. The van der Waals surface area contributed by atoms with Gasteiger partial charge in [0.05, 0.1) is 11.3 Å². The highest BCUT2D eigenvalue weighted by molar-refractivity contribution is 5.36. The molecule has 2 rings (SSSR count). The number of nitrogen functional groups attached to an aromatic ring is 1. The number of hydrogen-bond acceptors (Lipinski definition) is 3. The van der Waals surface area contributed by atoms with Gasteiger partial charge in [-0.1, -0.05) is 12.1 Å². The Balaban J connectivity index is 2.22. The Morgan fingerprint density at radius 2 is 1.95 bits per heavy atom. The van der Waals surface area contributed by atoms with E-state index in [4.69, 9.17) is 10.5 Å². The minimum Gasteiger partial charge on any atom is -0.487 e. The summed E-state index contributed by atoms with van der Waals surface area (Å²) < 4.78 is 45.6. The van der Waals surface area contributed by atoms with Gasteiger partial charge in [-0.25, -0.2) is 0 Å². The third-order valence-electron chi connectivity index (χ3n) is 2.89. The Morgan fingerprint density at radius 3 is 2.57 bits per heavy atom. The molecule has 4 nitrogen and oxygen atoms in total. The zero-order valence-corrected chi connectivity index (χ0v) is 11.7. The molecule has 0 bridgehead atoms. The number of ether oxygens (including phenoxy) is 1. The fraction of sp³-hybridized carbons (Fsp3) is 0.357. The van der Waals surface area contributed by atoms with Crippen LogP contribution in [0.4, 0.5) is 19.0 Å². The van der Waals surface area contributed by atoms with E-state index in [1.54, 1.807) is 10.7 Å². The van der Waals surface area contributed by atoms with Gasteiger partial charge in [-0.15, -0.1) is 0 Å². The largest absolute Gasteiger partial charge is 0.487 e. The summed E-state index contributed by atoms with van der Waals surface area (Å²) in [5.74, 6) is 0.103. The van der Waals surface area contributed by atoms with E-state index in [2.05, 4.69) is 5.10 Å². The van der Waals surface area contributed by atoms with Gasteiger partial charge < -0.3 is 10.5 Å². The van der Waals surface area contributed by atoms with Gasteiger partial charge >= 0.3 is 6.18 Å². The molecule has 7 heteroatoms. The van der Waals surface area contributed by atoms with Crippen molar-refractivity contribution < 1.29 is 17.9 Å². The second-order valence-electron chi connectivity index (χ2n) is 4.88. The van der Waals surface area contributed by atoms with Crippen molar-refractivity contribution in [3.63, 3.8) is 0 Å². The lowest BCUT2D eigenvalue weighted by atomic mass is 10.2. The van der Waals surface area contributed by atoms with Gasteiger partial charge in [0.15, 0.2) is 0 Å². The molecule has 0 spiro atoms. The molecular weight excluding hydrogens is 283 g/mol. The molecule has 0 amide bonds. The Morgan fingerprint density at radius 1 is 1.29 bits per heavy atom. The van der Waals surface area contributed by atoms with E-state index in [1.165, 1.54) is 18.2 Å². The zero-order chi connectivity index (χ0) is 15.6. The summed E-state index contributed by atoms with van der Waals surface area (Å²) in [6, 6.07) is 6.74. The maximum atomic E-state index is 12.9. The molecule has 0 aliphatic carbocycles. The van der Waals surface area contributed by atoms with Crippen LogP contribution in [0.2, 0.25) is 0 Å². The molecule has 0 unspecified atom stereocenters. The minimum atomic E-state index is -4.45. The predicted molar refractivity (Wildman–Crippen MR) is 72.8 cm³/mol. The molecule has 0 aliphatic rings. The third kappa shape index (κ3) is 3.48. The number of halogens is 3. The van der Waals surface area contributed by atoms with Crippen molar-refractivity contribution in [2.45, 2.75) is 32.7 Å². The fourth-order valence-corrected chi connectivity index (χ4v) is 1.99. The van der Waals surface area contributed by atoms with E-state index < -0.39 is 11.7 Å². The van der Waals surface area contributed by atoms with Crippen molar-refractivity contribution in [3.05, 3.63) is 41.6 Å². The van der Waals surface area contributed by atoms with Gasteiger partial charge in [-0.3, -0.25) is 4.68 Å². The molecule has 1 aromatic heterocycles. The maximum Gasteiger partial charge on any atom is 0.419 e. The van der Waals surface area contributed by atoms with E-state index in [0.717, 1.165) is 6.07 Å². The summed E-state index contributed by atoms with van der Waals surface area (Å²) in [6.07, 6.45) is -4.45. The van der Waals surface area contributed by atoms with E-state index in [9.17, 15) is 13.2 Å². The van der Waals surface area contributed by atoms with Crippen LogP contribution >= 0.6 is 0 Å². The number of para-hydroxylation sites is 1. The third-order valence-corrected chi connectivity index (χ3v) is 2.89. The van der Waals surface area contributed by atoms with Crippen LogP contribution < -0.4 is 10.5 Å². The average Bonchev–Trinajstić information content (AvgIpc) is 2.77. The first kappa shape index (κ1) is 15.2. The number of nitrogens with two attached hydrogens (primary N) is 1. The first-order valence-corrected chi connectivity index (χ1v) is 6.42. The van der Waals surface area contributed by atoms with Gasteiger partial charge in [0.25, 0.3) is 0 Å². The molecule has 0 atom stereocenters. The molecule has 0 radical (unpaired) electrons. The van der Waals surface area contributed by atoms with E-state index in [-0.39, 0.29) is 18.4 Å². The van der Waals surface area contributed by atoms with Gasteiger partial charge in [0.1, 0.15) is 18.2 Å². The van der Waals surface area contributed by atoms with Crippen LogP contribution in [-0.4, -0.2) is 9.78 Å². The van der Waals surface area contributed by atoms with Crippen LogP contribution in [0.5, 0.6) is 5.75 Å². The number of alkyl halides is 3. The number of rotatable bonds is 4. The van der Waals surface area contributed by atoms with Gasteiger partial charge in [-0.05, 0) is 26.0 Å². The quantitative estimate of drug-likeness (QED) is 0.937. The summed E-state index contributed by atoms with van der Waals surface area (Å²) in [7, 11) is 0. The highest BCUT2D eigenvalue weighted by Gasteiger charge is 2.34. The molecule has 0 aliphatic heterocycles. The molecule has 2 N–H and O–H groups in total. The van der Waals surface area contributed by atoms with Crippen molar-refractivity contribution in [1.29, 1.82) is 0 Å². The number of benzene rings is 1. The van der Waals surface area contributed by atoms with Gasteiger partial charge in [0, 0.05) is 12.1 Å². The number of aromatic nitrogens is 2. The van der Waals surface area contributed by atoms with Crippen LogP contribution in [0.3, 0.4) is 0 Å². The molecule has 0 saturated carbocycles. The average molecular weight is 299 g/mol.